The lowest BCUT2D eigenvalue weighted by atomic mass is 9.95. The molecule has 2 amide bonds. The second-order valence-electron chi connectivity index (χ2n) is 7.81. The van der Waals surface area contributed by atoms with E-state index in [1.165, 1.54) is 12.1 Å². The Bertz CT molecular complexity index is 751. The van der Waals surface area contributed by atoms with Crippen molar-refractivity contribution in [1.82, 2.24) is 10.2 Å². The number of amides is 2. The minimum absolute atomic E-state index is 0.00516. The Hall–Kier alpha value is -2.64. The van der Waals surface area contributed by atoms with E-state index in [2.05, 4.69) is 17.1 Å². The van der Waals surface area contributed by atoms with Gasteiger partial charge in [-0.3, -0.25) is 19.7 Å². The van der Waals surface area contributed by atoms with Crippen molar-refractivity contribution in [2.75, 3.05) is 38.1 Å². The molecule has 152 valence electrons. The maximum atomic E-state index is 13.2. The number of nitrogens with one attached hydrogen (secondary N) is 1. The Morgan fingerprint density at radius 1 is 1.11 bits per heavy atom. The van der Waals surface area contributed by atoms with E-state index in [-0.39, 0.29) is 23.4 Å². The van der Waals surface area contributed by atoms with Gasteiger partial charge in [0.05, 0.1) is 16.2 Å². The highest BCUT2D eigenvalue weighted by molar-refractivity contribution is 6.00. The first-order chi connectivity index (χ1) is 13.4. The van der Waals surface area contributed by atoms with Gasteiger partial charge in [-0.05, 0) is 37.7 Å². The first-order valence-corrected chi connectivity index (χ1v) is 9.95. The van der Waals surface area contributed by atoms with Gasteiger partial charge < -0.3 is 15.1 Å². The largest absolute Gasteiger partial charge is 0.371 e. The zero-order valence-electron chi connectivity index (χ0n) is 16.5. The Labute approximate surface area is 165 Å². The molecule has 2 aliphatic rings. The summed E-state index contributed by atoms with van der Waals surface area (Å²) in [5.74, 6) is 0.387. The molecule has 8 nitrogen and oxygen atoms in total. The summed E-state index contributed by atoms with van der Waals surface area (Å²) in [6.07, 6.45) is 3.30. The van der Waals surface area contributed by atoms with Crippen LogP contribution in [0.4, 0.5) is 11.4 Å². The van der Waals surface area contributed by atoms with Gasteiger partial charge in [-0.2, -0.15) is 0 Å². The third-order valence-corrected chi connectivity index (χ3v) is 5.95. The highest BCUT2D eigenvalue weighted by Gasteiger charge is 2.30. The third kappa shape index (κ3) is 4.26. The number of carbonyl (C=O) groups excluding carboxylic acids is 2. The standard InChI is InChI=1S/C20H28N4O4/c1-14-5-9-22(10-6-14)18-4-3-16(24(27)28)13-17(18)20(26)23-11-7-15(8-12-23)19(25)21-2/h3-4,13-15H,5-12H2,1-2H3,(H,21,25). The maximum absolute atomic E-state index is 13.2. The fourth-order valence-corrected chi connectivity index (χ4v) is 4.05. The van der Waals surface area contributed by atoms with Crippen molar-refractivity contribution < 1.29 is 14.5 Å². The summed E-state index contributed by atoms with van der Waals surface area (Å²) in [5.41, 5.74) is 1.09. The number of nitro groups is 1. The molecule has 0 radical (unpaired) electrons. The summed E-state index contributed by atoms with van der Waals surface area (Å²) in [6, 6.07) is 4.58. The zero-order chi connectivity index (χ0) is 20.3. The van der Waals surface area contributed by atoms with Crippen LogP contribution in [0.15, 0.2) is 18.2 Å². The van der Waals surface area contributed by atoms with Crippen molar-refractivity contribution in [2.45, 2.75) is 32.6 Å². The maximum Gasteiger partial charge on any atom is 0.270 e. The molecule has 2 fully saturated rings. The van der Waals surface area contributed by atoms with Crippen LogP contribution in [0.5, 0.6) is 0 Å². The lowest BCUT2D eigenvalue weighted by molar-refractivity contribution is -0.384. The number of nitro benzene ring substituents is 1. The lowest BCUT2D eigenvalue weighted by Gasteiger charge is -2.35. The number of hydrogen-bond acceptors (Lipinski definition) is 5. The van der Waals surface area contributed by atoms with E-state index in [1.54, 1.807) is 18.0 Å². The monoisotopic (exact) mass is 388 g/mol. The van der Waals surface area contributed by atoms with Crippen LogP contribution in [0.1, 0.15) is 43.0 Å². The number of benzene rings is 1. The number of anilines is 1. The molecule has 0 aromatic heterocycles. The molecule has 0 aliphatic carbocycles. The Kier molecular flexibility index (Phi) is 6.16. The Morgan fingerprint density at radius 2 is 1.75 bits per heavy atom. The van der Waals surface area contributed by atoms with E-state index < -0.39 is 4.92 Å². The Morgan fingerprint density at radius 3 is 2.32 bits per heavy atom. The average molecular weight is 388 g/mol. The number of carbonyl (C=O) groups is 2. The van der Waals surface area contributed by atoms with E-state index in [1.807, 2.05) is 0 Å². The van der Waals surface area contributed by atoms with Gasteiger partial charge in [0, 0.05) is 51.3 Å². The van der Waals surface area contributed by atoms with Gasteiger partial charge in [0.2, 0.25) is 5.91 Å². The number of hydrogen-bond donors (Lipinski definition) is 1. The van der Waals surface area contributed by atoms with Gasteiger partial charge >= 0.3 is 0 Å². The molecule has 1 aromatic carbocycles. The molecule has 0 spiro atoms. The number of piperidine rings is 2. The molecule has 3 rings (SSSR count). The van der Waals surface area contributed by atoms with Crippen LogP contribution >= 0.6 is 0 Å². The van der Waals surface area contributed by atoms with Crippen molar-refractivity contribution in [1.29, 1.82) is 0 Å². The van der Waals surface area contributed by atoms with E-state index in [0.717, 1.165) is 31.6 Å². The normalized spacial score (nSPS) is 18.8. The van der Waals surface area contributed by atoms with Crippen molar-refractivity contribution in [3.05, 3.63) is 33.9 Å². The summed E-state index contributed by atoms with van der Waals surface area (Å²) >= 11 is 0. The highest BCUT2D eigenvalue weighted by Crippen LogP contribution is 2.31. The molecule has 0 bridgehead atoms. The van der Waals surface area contributed by atoms with Crippen LogP contribution in [-0.2, 0) is 4.79 Å². The van der Waals surface area contributed by atoms with E-state index in [4.69, 9.17) is 0 Å². The average Bonchev–Trinajstić information content (AvgIpc) is 2.73. The van der Waals surface area contributed by atoms with Gasteiger partial charge in [0.25, 0.3) is 11.6 Å². The SMILES string of the molecule is CNC(=O)C1CCN(C(=O)c2cc([N+](=O)[O-])ccc2N2CCC(C)CC2)CC1. The van der Waals surface area contributed by atoms with Crippen LogP contribution in [0, 0.1) is 22.0 Å². The van der Waals surface area contributed by atoms with Crippen molar-refractivity contribution >= 4 is 23.2 Å². The Balaban J connectivity index is 1.82. The molecule has 1 N–H and O–H groups in total. The summed E-state index contributed by atoms with van der Waals surface area (Å²) in [6.45, 7) is 4.87. The minimum Gasteiger partial charge on any atom is -0.371 e. The number of non-ortho nitro benzene ring substituents is 1. The van der Waals surface area contributed by atoms with Gasteiger partial charge in [-0.15, -0.1) is 0 Å². The van der Waals surface area contributed by atoms with E-state index >= 15 is 0 Å². The highest BCUT2D eigenvalue weighted by atomic mass is 16.6. The molecular weight excluding hydrogens is 360 g/mol. The van der Waals surface area contributed by atoms with Crippen LogP contribution in [0.25, 0.3) is 0 Å². The second kappa shape index (κ2) is 8.58. The molecule has 0 atom stereocenters. The molecule has 1 aromatic rings. The smallest absolute Gasteiger partial charge is 0.270 e. The van der Waals surface area contributed by atoms with Gasteiger partial charge in [-0.1, -0.05) is 6.92 Å². The molecule has 28 heavy (non-hydrogen) atoms. The van der Waals surface area contributed by atoms with Gasteiger partial charge in [-0.25, -0.2) is 0 Å². The van der Waals surface area contributed by atoms with Crippen LogP contribution in [0.2, 0.25) is 0 Å². The van der Waals surface area contributed by atoms with Crippen LogP contribution in [0.3, 0.4) is 0 Å². The van der Waals surface area contributed by atoms with Crippen molar-refractivity contribution in [3.8, 4) is 0 Å². The molecular formula is C20H28N4O4. The molecule has 0 saturated carbocycles. The minimum atomic E-state index is -0.462. The van der Waals surface area contributed by atoms with Crippen LogP contribution in [-0.4, -0.2) is 54.9 Å². The molecule has 2 saturated heterocycles. The summed E-state index contributed by atoms with van der Waals surface area (Å²) in [4.78, 5) is 39.7. The number of likely N-dealkylation sites (tertiary alicyclic amines) is 1. The van der Waals surface area contributed by atoms with Crippen molar-refractivity contribution in [2.24, 2.45) is 11.8 Å². The molecule has 8 heteroatoms. The van der Waals surface area contributed by atoms with Crippen LogP contribution < -0.4 is 10.2 Å². The summed E-state index contributed by atoms with van der Waals surface area (Å²) in [7, 11) is 1.62. The van der Waals surface area contributed by atoms with Gasteiger partial charge in [0.15, 0.2) is 0 Å². The van der Waals surface area contributed by atoms with Gasteiger partial charge in [0.1, 0.15) is 0 Å². The third-order valence-electron chi connectivity index (χ3n) is 5.95. The first-order valence-electron chi connectivity index (χ1n) is 9.95. The summed E-state index contributed by atoms with van der Waals surface area (Å²) < 4.78 is 0. The van der Waals surface area contributed by atoms with Crippen molar-refractivity contribution in [3.63, 3.8) is 0 Å². The molecule has 0 unspecified atom stereocenters. The fourth-order valence-electron chi connectivity index (χ4n) is 4.05. The predicted molar refractivity (Wildman–Crippen MR) is 106 cm³/mol. The molecule has 2 heterocycles. The second-order valence-corrected chi connectivity index (χ2v) is 7.81. The summed E-state index contributed by atoms with van der Waals surface area (Å²) in [5, 5.41) is 13.9. The fraction of sp³-hybridized carbons (Fsp3) is 0.600. The number of rotatable bonds is 4. The quantitative estimate of drug-likeness (QED) is 0.631. The lowest BCUT2D eigenvalue weighted by Crippen LogP contribution is -2.43. The zero-order valence-corrected chi connectivity index (χ0v) is 16.5. The number of nitrogens with zero attached hydrogens (tertiary/aromatic N) is 3. The predicted octanol–water partition coefficient (Wildman–Crippen LogP) is 2.43. The van der Waals surface area contributed by atoms with E-state index in [0.29, 0.717) is 37.4 Å². The topological polar surface area (TPSA) is 95.8 Å². The van der Waals surface area contributed by atoms with E-state index in [9.17, 15) is 19.7 Å². The molecule has 2 aliphatic heterocycles. The first kappa shape index (κ1) is 20.1.